The molecule has 108 valence electrons. The average Bonchev–Trinajstić information content (AvgIpc) is 2.74. The number of nitrogens with zero attached hydrogens (tertiary/aromatic N) is 3. The fourth-order valence-electron chi connectivity index (χ4n) is 1.55. The van der Waals surface area contributed by atoms with Gasteiger partial charge in [0.2, 0.25) is 11.9 Å². The van der Waals surface area contributed by atoms with Gasteiger partial charge in [-0.3, -0.25) is 0 Å². The first-order valence-electron chi connectivity index (χ1n) is 5.99. The molecule has 0 spiro atoms. The second kappa shape index (κ2) is 5.40. The standard InChI is InChI=1S/C12H14F3N5/c1-6(2)5-17-12-18-11(16)20(19-12)7-3-8(13)10(15)9(14)4-7/h3-4,6H,5H2,1-2H3,(H3,16,17,18,19). The van der Waals surface area contributed by atoms with Gasteiger partial charge in [-0.15, -0.1) is 5.10 Å². The lowest BCUT2D eigenvalue weighted by Crippen LogP contribution is -2.09. The van der Waals surface area contributed by atoms with E-state index in [4.69, 9.17) is 5.73 Å². The molecule has 1 heterocycles. The van der Waals surface area contributed by atoms with Gasteiger partial charge in [-0.2, -0.15) is 9.67 Å². The zero-order valence-corrected chi connectivity index (χ0v) is 11.0. The number of hydrogen-bond acceptors (Lipinski definition) is 4. The average molecular weight is 285 g/mol. The number of benzene rings is 1. The van der Waals surface area contributed by atoms with Crippen molar-refractivity contribution in [2.45, 2.75) is 13.8 Å². The number of anilines is 2. The van der Waals surface area contributed by atoms with Crippen molar-refractivity contribution in [3.05, 3.63) is 29.6 Å². The molecule has 0 aliphatic heterocycles. The molecule has 0 unspecified atom stereocenters. The molecule has 0 atom stereocenters. The minimum atomic E-state index is -1.54. The molecule has 0 aliphatic rings. The second-order valence-electron chi connectivity index (χ2n) is 4.70. The highest BCUT2D eigenvalue weighted by Gasteiger charge is 2.15. The zero-order valence-electron chi connectivity index (χ0n) is 11.0. The predicted octanol–water partition coefficient (Wildman–Crippen LogP) is 2.33. The lowest BCUT2D eigenvalue weighted by molar-refractivity contribution is 0.446. The number of nitrogens with one attached hydrogen (secondary N) is 1. The molecule has 0 amide bonds. The SMILES string of the molecule is CC(C)CNc1nc(N)n(-c2cc(F)c(F)c(F)c2)n1. The number of rotatable bonds is 4. The van der Waals surface area contributed by atoms with Crippen molar-refractivity contribution < 1.29 is 13.2 Å². The summed E-state index contributed by atoms with van der Waals surface area (Å²) < 4.78 is 40.3. The number of nitrogen functional groups attached to an aromatic ring is 1. The summed E-state index contributed by atoms with van der Waals surface area (Å²) in [6.45, 7) is 4.62. The minimum absolute atomic E-state index is 0.0380. The molecule has 8 heteroatoms. The van der Waals surface area contributed by atoms with E-state index in [1.54, 1.807) is 0 Å². The van der Waals surface area contributed by atoms with Gasteiger partial charge >= 0.3 is 0 Å². The molecule has 2 rings (SSSR count). The van der Waals surface area contributed by atoms with Crippen molar-refractivity contribution in [3.8, 4) is 5.69 Å². The van der Waals surface area contributed by atoms with Gasteiger partial charge in [0.25, 0.3) is 0 Å². The Kier molecular flexibility index (Phi) is 3.82. The van der Waals surface area contributed by atoms with E-state index in [1.807, 2.05) is 13.8 Å². The van der Waals surface area contributed by atoms with Gasteiger partial charge in [0.15, 0.2) is 17.5 Å². The minimum Gasteiger partial charge on any atom is -0.368 e. The Balaban J connectivity index is 2.33. The van der Waals surface area contributed by atoms with Crippen LogP contribution in [0.1, 0.15) is 13.8 Å². The highest BCUT2D eigenvalue weighted by atomic mass is 19.2. The molecule has 1 aromatic carbocycles. The third kappa shape index (κ3) is 2.84. The Morgan fingerprint density at radius 2 is 1.85 bits per heavy atom. The van der Waals surface area contributed by atoms with E-state index in [-0.39, 0.29) is 17.6 Å². The van der Waals surface area contributed by atoms with E-state index in [9.17, 15) is 13.2 Å². The molecule has 0 bridgehead atoms. The summed E-state index contributed by atoms with van der Waals surface area (Å²) in [6, 6.07) is 1.60. The van der Waals surface area contributed by atoms with Gasteiger partial charge in [-0.05, 0) is 5.92 Å². The van der Waals surface area contributed by atoms with Gasteiger partial charge in [-0.1, -0.05) is 13.8 Å². The number of nitrogens with two attached hydrogens (primary N) is 1. The Bertz CT molecular complexity index is 601. The van der Waals surface area contributed by atoms with Crippen LogP contribution in [0.15, 0.2) is 12.1 Å². The summed E-state index contributed by atoms with van der Waals surface area (Å²) in [5.74, 6) is -3.62. The van der Waals surface area contributed by atoms with Crippen LogP contribution in [0.5, 0.6) is 0 Å². The Morgan fingerprint density at radius 1 is 1.25 bits per heavy atom. The van der Waals surface area contributed by atoms with Crippen LogP contribution in [-0.2, 0) is 0 Å². The largest absolute Gasteiger partial charge is 0.368 e. The van der Waals surface area contributed by atoms with Crippen molar-refractivity contribution in [3.63, 3.8) is 0 Å². The van der Waals surface area contributed by atoms with E-state index < -0.39 is 17.5 Å². The lowest BCUT2D eigenvalue weighted by atomic mass is 10.2. The highest BCUT2D eigenvalue weighted by Crippen LogP contribution is 2.19. The van der Waals surface area contributed by atoms with Crippen molar-refractivity contribution >= 4 is 11.9 Å². The van der Waals surface area contributed by atoms with Gasteiger partial charge in [0, 0.05) is 18.7 Å². The third-order valence-electron chi connectivity index (χ3n) is 2.51. The Labute approximate surface area is 113 Å². The van der Waals surface area contributed by atoms with Crippen LogP contribution in [0.3, 0.4) is 0 Å². The van der Waals surface area contributed by atoms with E-state index in [0.717, 1.165) is 16.8 Å². The molecule has 3 N–H and O–H groups in total. The maximum atomic E-state index is 13.2. The summed E-state index contributed by atoms with van der Waals surface area (Å²) in [5.41, 5.74) is 5.59. The maximum absolute atomic E-state index is 13.2. The van der Waals surface area contributed by atoms with Crippen LogP contribution in [-0.4, -0.2) is 21.3 Å². The molecule has 0 fully saturated rings. The number of hydrogen-bond donors (Lipinski definition) is 2. The maximum Gasteiger partial charge on any atom is 0.244 e. The first-order chi connectivity index (χ1) is 9.38. The molecule has 0 saturated carbocycles. The molecule has 2 aromatic rings. The third-order valence-corrected chi connectivity index (χ3v) is 2.51. The van der Waals surface area contributed by atoms with E-state index in [2.05, 4.69) is 15.4 Å². The molecule has 0 saturated heterocycles. The summed E-state index contributed by atoms with van der Waals surface area (Å²) >= 11 is 0. The number of aromatic nitrogens is 3. The highest BCUT2D eigenvalue weighted by molar-refractivity contribution is 5.42. The topological polar surface area (TPSA) is 68.8 Å². The van der Waals surface area contributed by atoms with E-state index in [0.29, 0.717) is 12.5 Å². The molecule has 1 aromatic heterocycles. The van der Waals surface area contributed by atoms with Crippen molar-refractivity contribution in [2.75, 3.05) is 17.6 Å². The van der Waals surface area contributed by atoms with Crippen LogP contribution in [0.25, 0.3) is 5.69 Å². The van der Waals surface area contributed by atoms with Gasteiger partial charge < -0.3 is 11.1 Å². The van der Waals surface area contributed by atoms with Crippen molar-refractivity contribution in [1.29, 1.82) is 0 Å². The van der Waals surface area contributed by atoms with Crippen molar-refractivity contribution in [2.24, 2.45) is 5.92 Å². The normalized spacial score (nSPS) is 11.1. The summed E-state index contributed by atoms with van der Waals surface area (Å²) in [4.78, 5) is 3.92. The fourth-order valence-corrected chi connectivity index (χ4v) is 1.55. The van der Waals surface area contributed by atoms with E-state index >= 15 is 0 Å². The summed E-state index contributed by atoms with van der Waals surface area (Å²) in [7, 11) is 0. The first kappa shape index (κ1) is 14.2. The van der Waals surface area contributed by atoms with Crippen LogP contribution in [0.2, 0.25) is 0 Å². The monoisotopic (exact) mass is 285 g/mol. The molecular weight excluding hydrogens is 271 g/mol. The van der Waals surface area contributed by atoms with Crippen LogP contribution in [0.4, 0.5) is 25.1 Å². The lowest BCUT2D eigenvalue weighted by Gasteiger charge is -2.05. The molecule has 20 heavy (non-hydrogen) atoms. The molecule has 0 aliphatic carbocycles. The Hall–Kier alpha value is -2.25. The quantitative estimate of drug-likeness (QED) is 0.846. The predicted molar refractivity (Wildman–Crippen MR) is 69.0 cm³/mol. The molecule has 0 radical (unpaired) electrons. The molecular formula is C12H14F3N5. The number of halogens is 3. The first-order valence-corrected chi connectivity index (χ1v) is 5.99. The zero-order chi connectivity index (χ0) is 14.9. The fraction of sp³-hybridized carbons (Fsp3) is 0.333. The second-order valence-corrected chi connectivity index (χ2v) is 4.70. The van der Waals surface area contributed by atoms with Crippen molar-refractivity contribution in [1.82, 2.24) is 14.8 Å². The van der Waals surface area contributed by atoms with Crippen LogP contribution >= 0.6 is 0 Å². The van der Waals surface area contributed by atoms with Gasteiger partial charge in [0.1, 0.15) is 0 Å². The Morgan fingerprint density at radius 3 is 2.40 bits per heavy atom. The van der Waals surface area contributed by atoms with Gasteiger partial charge in [0.05, 0.1) is 5.69 Å². The van der Waals surface area contributed by atoms with Gasteiger partial charge in [-0.25, -0.2) is 13.2 Å². The molecule has 5 nitrogen and oxygen atoms in total. The smallest absolute Gasteiger partial charge is 0.244 e. The summed E-state index contributed by atoms with van der Waals surface area (Å²) in [6.07, 6.45) is 0. The van der Waals surface area contributed by atoms with Crippen LogP contribution in [0, 0.1) is 23.4 Å². The van der Waals surface area contributed by atoms with E-state index in [1.165, 1.54) is 0 Å². The summed E-state index contributed by atoms with van der Waals surface area (Å²) in [5, 5.41) is 6.91. The van der Waals surface area contributed by atoms with Crippen LogP contribution < -0.4 is 11.1 Å².